The van der Waals surface area contributed by atoms with Crippen molar-refractivity contribution in [3.63, 3.8) is 0 Å². The average Bonchev–Trinajstić information content (AvgIpc) is 2.68. The van der Waals surface area contributed by atoms with Gasteiger partial charge in [0.1, 0.15) is 6.61 Å². The molecule has 0 saturated carbocycles. The SMILES string of the molecule is CNC(CCOCC(F)F)Cc1ccc(Cl)s1. The largest absolute Gasteiger partial charge is 0.375 e. The van der Waals surface area contributed by atoms with Crippen LogP contribution >= 0.6 is 22.9 Å². The van der Waals surface area contributed by atoms with Gasteiger partial charge in [-0.1, -0.05) is 11.6 Å². The van der Waals surface area contributed by atoms with Crippen molar-refractivity contribution in [1.82, 2.24) is 5.32 Å². The van der Waals surface area contributed by atoms with Crippen LogP contribution < -0.4 is 5.32 Å². The average molecular weight is 284 g/mol. The van der Waals surface area contributed by atoms with Crippen LogP contribution in [0.2, 0.25) is 4.34 Å². The monoisotopic (exact) mass is 283 g/mol. The predicted molar refractivity (Wildman–Crippen MR) is 67.3 cm³/mol. The van der Waals surface area contributed by atoms with E-state index in [0.29, 0.717) is 13.0 Å². The third kappa shape index (κ3) is 6.31. The quantitative estimate of drug-likeness (QED) is 0.740. The van der Waals surface area contributed by atoms with E-state index in [0.717, 1.165) is 10.8 Å². The van der Waals surface area contributed by atoms with Gasteiger partial charge in [0.2, 0.25) is 0 Å². The van der Waals surface area contributed by atoms with Gasteiger partial charge in [-0.25, -0.2) is 8.78 Å². The van der Waals surface area contributed by atoms with Crippen LogP contribution in [-0.2, 0) is 11.2 Å². The lowest BCUT2D eigenvalue weighted by atomic mass is 10.1. The zero-order valence-corrected chi connectivity index (χ0v) is 11.2. The van der Waals surface area contributed by atoms with Crippen molar-refractivity contribution in [1.29, 1.82) is 0 Å². The van der Waals surface area contributed by atoms with Crippen LogP contribution in [0.5, 0.6) is 0 Å². The van der Waals surface area contributed by atoms with Gasteiger partial charge in [0.15, 0.2) is 0 Å². The van der Waals surface area contributed by atoms with Crippen molar-refractivity contribution >= 4 is 22.9 Å². The van der Waals surface area contributed by atoms with Crippen molar-refractivity contribution in [2.45, 2.75) is 25.3 Å². The lowest BCUT2D eigenvalue weighted by Gasteiger charge is -2.15. The Bertz CT molecular complexity index is 322. The van der Waals surface area contributed by atoms with Gasteiger partial charge in [0.05, 0.1) is 4.34 Å². The number of nitrogens with one attached hydrogen (secondary N) is 1. The molecule has 1 atom stereocenters. The standard InChI is InChI=1S/C11H16ClF2NOS/c1-15-8(4-5-16-7-11(13)14)6-9-2-3-10(12)17-9/h2-3,8,11,15H,4-7H2,1H3. The number of hydrogen-bond acceptors (Lipinski definition) is 3. The fraction of sp³-hybridized carbons (Fsp3) is 0.636. The molecule has 0 aromatic carbocycles. The summed E-state index contributed by atoms with van der Waals surface area (Å²) in [4.78, 5) is 1.18. The topological polar surface area (TPSA) is 21.3 Å². The van der Waals surface area contributed by atoms with Crippen molar-refractivity contribution in [2.75, 3.05) is 20.3 Å². The van der Waals surface area contributed by atoms with Gasteiger partial charge in [0, 0.05) is 17.5 Å². The van der Waals surface area contributed by atoms with Crippen LogP contribution in [0.1, 0.15) is 11.3 Å². The van der Waals surface area contributed by atoms with Gasteiger partial charge in [-0.2, -0.15) is 0 Å². The summed E-state index contributed by atoms with van der Waals surface area (Å²) in [5, 5.41) is 3.14. The predicted octanol–water partition coefficient (Wildman–Crippen LogP) is 3.20. The maximum absolute atomic E-state index is 11.8. The first-order valence-corrected chi connectivity index (χ1v) is 6.58. The molecule has 6 heteroatoms. The van der Waals surface area contributed by atoms with Gasteiger partial charge in [-0.3, -0.25) is 0 Å². The van der Waals surface area contributed by atoms with Gasteiger partial charge in [-0.15, -0.1) is 11.3 Å². The Morgan fingerprint density at radius 2 is 2.24 bits per heavy atom. The summed E-state index contributed by atoms with van der Waals surface area (Å²) in [6.45, 7) is -0.143. The molecule has 2 nitrogen and oxygen atoms in total. The molecule has 1 rings (SSSR count). The number of halogens is 3. The number of alkyl halides is 2. The molecule has 1 heterocycles. The summed E-state index contributed by atoms with van der Waals surface area (Å²) in [5.41, 5.74) is 0. The highest BCUT2D eigenvalue weighted by atomic mass is 35.5. The third-order valence-corrected chi connectivity index (χ3v) is 3.59. The third-order valence-electron chi connectivity index (χ3n) is 2.34. The Morgan fingerprint density at radius 3 is 2.76 bits per heavy atom. The number of thiophene rings is 1. The fourth-order valence-electron chi connectivity index (χ4n) is 1.45. The summed E-state index contributed by atoms with van der Waals surface area (Å²) in [5.74, 6) is 0. The van der Waals surface area contributed by atoms with E-state index in [1.54, 1.807) is 11.3 Å². The smallest absolute Gasteiger partial charge is 0.261 e. The normalized spacial score (nSPS) is 13.2. The fourth-order valence-corrected chi connectivity index (χ4v) is 2.62. The minimum Gasteiger partial charge on any atom is -0.375 e. The van der Waals surface area contributed by atoms with Gasteiger partial charge < -0.3 is 10.1 Å². The first kappa shape index (κ1) is 14.8. The first-order chi connectivity index (χ1) is 8.11. The van der Waals surface area contributed by atoms with Crippen molar-refractivity contribution < 1.29 is 13.5 Å². The number of hydrogen-bond donors (Lipinski definition) is 1. The lowest BCUT2D eigenvalue weighted by molar-refractivity contribution is 0.0146. The molecule has 17 heavy (non-hydrogen) atoms. The van der Waals surface area contributed by atoms with Crippen LogP contribution in [0.15, 0.2) is 12.1 Å². The van der Waals surface area contributed by atoms with E-state index in [-0.39, 0.29) is 6.04 Å². The van der Waals surface area contributed by atoms with E-state index in [1.807, 2.05) is 19.2 Å². The summed E-state index contributed by atoms with van der Waals surface area (Å²) < 4.78 is 29.3. The highest BCUT2D eigenvalue weighted by Crippen LogP contribution is 2.22. The van der Waals surface area contributed by atoms with E-state index in [2.05, 4.69) is 5.32 Å². The first-order valence-electron chi connectivity index (χ1n) is 5.39. The molecule has 98 valence electrons. The molecule has 0 amide bonds. The second kappa shape index (κ2) is 7.97. The number of likely N-dealkylation sites (N-methyl/N-ethyl adjacent to an activating group) is 1. The van der Waals surface area contributed by atoms with Crippen LogP contribution in [0.3, 0.4) is 0 Å². The Hall–Kier alpha value is -0.230. The minimum atomic E-state index is -2.39. The minimum absolute atomic E-state index is 0.224. The van der Waals surface area contributed by atoms with E-state index in [1.165, 1.54) is 4.88 Å². The highest BCUT2D eigenvalue weighted by molar-refractivity contribution is 7.16. The van der Waals surface area contributed by atoms with Gasteiger partial charge in [0.25, 0.3) is 6.43 Å². The highest BCUT2D eigenvalue weighted by Gasteiger charge is 2.10. The lowest BCUT2D eigenvalue weighted by Crippen LogP contribution is -2.29. The Kier molecular flexibility index (Phi) is 6.96. The van der Waals surface area contributed by atoms with E-state index in [4.69, 9.17) is 16.3 Å². The van der Waals surface area contributed by atoms with Crippen molar-refractivity contribution in [2.24, 2.45) is 0 Å². The summed E-state index contributed by atoms with van der Waals surface area (Å²) in [6.07, 6.45) is -0.843. The molecule has 0 spiro atoms. The molecule has 0 fully saturated rings. The van der Waals surface area contributed by atoms with E-state index < -0.39 is 13.0 Å². The zero-order valence-electron chi connectivity index (χ0n) is 9.59. The molecular weight excluding hydrogens is 268 g/mol. The molecule has 0 saturated heterocycles. The Labute approximate surface area is 109 Å². The van der Waals surface area contributed by atoms with Gasteiger partial charge in [-0.05, 0) is 32.0 Å². The van der Waals surface area contributed by atoms with Crippen LogP contribution in [-0.4, -0.2) is 32.7 Å². The molecule has 0 aliphatic carbocycles. The number of rotatable bonds is 8. The molecule has 1 unspecified atom stereocenters. The van der Waals surface area contributed by atoms with Crippen LogP contribution in [0, 0.1) is 0 Å². The summed E-state index contributed by atoms with van der Waals surface area (Å²) in [7, 11) is 1.85. The van der Waals surface area contributed by atoms with E-state index >= 15 is 0 Å². The van der Waals surface area contributed by atoms with Crippen molar-refractivity contribution in [3.8, 4) is 0 Å². The van der Waals surface area contributed by atoms with Crippen molar-refractivity contribution in [3.05, 3.63) is 21.3 Å². The van der Waals surface area contributed by atoms with Crippen LogP contribution in [0.25, 0.3) is 0 Å². The summed E-state index contributed by atoms with van der Waals surface area (Å²) >= 11 is 7.38. The Balaban J connectivity index is 2.24. The maximum atomic E-state index is 11.8. The molecule has 0 bridgehead atoms. The molecule has 0 radical (unpaired) electrons. The Morgan fingerprint density at radius 1 is 1.47 bits per heavy atom. The molecule has 0 aliphatic heterocycles. The van der Waals surface area contributed by atoms with E-state index in [9.17, 15) is 8.78 Å². The second-order valence-electron chi connectivity index (χ2n) is 3.65. The molecular formula is C11H16ClF2NOS. The van der Waals surface area contributed by atoms with Gasteiger partial charge >= 0.3 is 0 Å². The molecule has 1 N–H and O–H groups in total. The maximum Gasteiger partial charge on any atom is 0.261 e. The molecule has 1 aromatic rings. The number of ether oxygens (including phenoxy) is 1. The molecule has 1 aromatic heterocycles. The zero-order chi connectivity index (χ0) is 12.7. The van der Waals surface area contributed by atoms with Crippen LogP contribution in [0.4, 0.5) is 8.78 Å². The summed E-state index contributed by atoms with van der Waals surface area (Å²) in [6, 6.07) is 4.07. The molecule has 0 aliphatic rings. The second-order valence-corrected chi connectivity index (χ2v) is 5.45.